The summed E-state index contributed by atoms with van der Waals surface area (Å²) in [5, 5.41) is 23.5. The van der Waals surface area contributed by atoms with E-state index in [0.717, 1.165) is 24.8 Å². The molecule has 0 saturated carbocycles. The van der Waals surface area contributed by atoms with E-state index in [1.807, 2.05) is 30.3 Å². The first-order chi connectivity index (χ1) is 13.9. The van der Waals surface area contributed by atoms with E-state index in [1.165, 1.54) is 0 Å². The molecule has 0 fully saturated rings. The number of nitrogens with two attached hydrogens (primary N) is 1. The lowest BCUT2D eigenvalue weighted by Gasteiger charge is -2.15. The number of nitrogens with one attached hydrogen (secondary N) is 1. The lowest BCUT2D eigenvalue weighted by atomic mass is 9.94. The Morgan fingerprint density at radius 2 is 1.72 bits per heavy atom. The number of aliphatic hydroxyl groups excluding tert-OH is 1. The van der Waals surface area contributed by atoms with Crippen molar-refractivity contribution in [3.8, 4) is 0 Å². The summed E-state index contributed by atoms with van der Waals surface area (Å²) >= 11 is 12.0. The Morgan fingerprint density at radius 1 is 1.07 bits per heavy atom. The molecule has 5 N–H and O–H groups in total. The van der Waals surface area contributed by atoms with Gasteiger partial charge in [0.05, 0.1) is 27.8 Å². The molecule has 2 unspecified atom stereocenters. The molecule has 0 heterocycles. The fourth-order valence-electron chi connectivity index (χ4n) is 3.17. The van der Waals surface area contributed by atoms with Gasteiger partial charge in [-0.2, -0.15) is 0 Å². The second-order valence-corrected chi connectivity index (χ2v) is 7.99. The highest BCUT2D eigenvalue weighted by molar-refractivity contribution is 6.38. The quantitative estimate of drug-likeness (QED) is 0.284. The Labute approximate surface area is 181 Å². The van der Waals surface area contributed by atoms with Crippen molar-refractivity contribution in [2.24, 2.45) is 5.92 Å². The van der Waals surface area contributed by atoms with Crippen molar-refractivity contribution < 1.29 is 15.0 Å². The summed E-state index contributed by atoms with van der Waals surface area (Å²) in [6.45, 7) is 1.05. The molecule has 0 bridgehead atoms. The van der Waals surface area contributed by atoms with Gasteiger partial charge in [0.2, 0.25) is 0 Å². The van der Waals surface area contributed by atoms with Crippen LogP contribution in [0.4, 0.5) is 5.69 Å². The highest BCUT2D eigenvalue weighted by Crippen LogP contribution is 2.31. The highest BCUT2D eigenvalue weighted by atomic mass is 35.5. The Kier molecular flexibility index (Phi) is 9.74. The Hall–Kier alpha value is -1.79. The van der Waals surface area contributed by atoms with E-state index in [-0.39, 0.29) is 5.92 Å². The van der Waals surface area contributed by atoms with E-state index in [4.69, 9.17) is 28.9 Å². The van der Waals surface area contributed by atoms with E-state index in [2.05, 4.69) is 5.32 Å². The number of hydrogen-bond acceptors (Lipinski definition) is 4. The maximum Gasteiger partial charge on any atom is 0.306 e. The number of unbranched alkanes of at least 4 members (excludes halogenated alkanes) is 1. The fourth-order valence-corrected chi connectivity index (χ4v) is 3.67. The summed E-state index contributed by atoms with van der Waals surface area (Å²) in [6, 6.07) is 13.2. The topological polar surface area (TPSA) is 95.6 Å². The summed E-state index contributed by atoms with van der Waals surface area (Å²) < 4.78 is 0. The molecule has 7 heteroatoms. The zero-order valence-corrected chi connectivity index (χ0v) is 17.8. The molecule has 2 atom stereocenters. The largest absolute Gasteiger partial charge is 0.481 e. The van der Waals surface area contributed by atoms with Gasteiger partial charge >= 0.3 is 5.97 Å². The summed E-state index contributed by atoms with van der Waals surface area (Å²) in [4.78, 5) is 11.5. The minimum absolute atomic E-state index is 0.303. The number of carboxylic acid groups (broad SMARTS) is 1. The van der Waals surface area contributed by atoms with Crippen LogP contribution in [0.3, 0.4) is 0 Å². The lowest BCUT2D eigenvalue weighted by molar-refractivity contribution is -0.142. The molecule has 0 aromatic heterocycles. The summed E-state index contributed by atoms with van der Waals surface area (Å²) in [5.41, 5.74) is 7.78. The number of carbonyl (C=O) groups is 1. The Morgan fingerprint density at radius 3 is 2.34 bits per heavy atom. The first-order valence-electron chi connectivity index (χ1n) is 9.78. The number of carboxylic acids is 1. The van der Waals surface area contributed by atoms with E-state index < -0.39 is 12.1 Å². The molecule has 5 nitrogen and oxygen atoms in total. The maximum absolute atomic E-state index is 11.5. The van der Waals surface area contributed by atoms with E-state index >= 15 is 0 Å². The average molecular weight is 439 g/mol. The third kappa shape index (κ3) is 7.86. The SMILES string of the molecule is Nc1c(Cl)cc(C(O)CNCCCCC(CCc2ccccc2)C(=O)O)cc1Cl. The number of halogens is 2. The van der Waals surface area contributed by atoms with Gasteiger partial charge in [-0.3, -0.25) is 4.79 Å². The van der Waals surface area contributed by atoms with Crippen molar-refractivity contribution in [3.63, 3.8) is 0 Å². The molecular formula is C22H28Cl2N2O3. The molecule has 2 aromatic carbocycles. The van der Waals surface area contributed by atoms with Crippen molar-refractivity contribution in [1.82, 2.24) is 5.32 Å². The predicted molar refractivity (Wildman–Crippen MR) is 118 cm³/mol. The molecule has 2 aromatic rings. The molecule has 0 aliphatic heterocycles. The Bertz CT molecular complexity index is 764. The summed E-state index contributed by atoms with van der Waals surface area (Å²) in [5.74, 6) is -1.07. The first kappa shape index (κ1) is 23.5. The standard InChI is InChI=1S/C22H28Cl2N2O3/c23-18-12-17(13-19(24)21(18)25)20(27)14-26-11-5-4-8-16(22(28)29)10-9-15-6-2-1-3-7-15/h1-3,6-7,12-13,16,20,26-27H,4-5,8-11,14,25H2,(H,28,29). The summed E-state index contributed by atoms with van der Waals surface area (Å²) in [7, 11) is 0. The van der Waals surface area contributed by atoms with Crippen molar-refractivity contribution in [1.29, 1.82) is 0 Å². The van der Waals surface area contributed by atoms with Gasteiger partial charge in [0.1, 0.15) is 0 Å². The predicted octanol–water partition coefficient (Wildman–Crippen LogP) is 4.70. The van der Waals surface area contributed by atoms with Gasteiger partial charge in [-0.15, -0.1) is 0 Å². The number of hydrogen-bond donors (Lipinski definition) is 4. The van der Waals surface area contributed by atoms with Crippen LogP contribution in [0.15, 0.2) is 42.5 Å². The van der Waals surface area contributed by atoms with Gasteiger partial charge in [0, 0.05) is 6.54 Å². The zero-order chi connectivity index (χ0) is 21.2. The molecule has 0 saturated heterocycles. The number of nitrogen functional groups attached to an aromatic ring is 1. The van der Waals surface area contributed by atoms with Gasteiger partial charge in [0.15, 0.2) is 0 Å². The third-order valence-electron chi connectivity index (χ3n) is 4.95. The number of aliphatic hydroxyl groups is 1. The minimum Gasteiger partial charge on any atom is -0.481 e. The summed E-state index contributed by atoms with van der Waals surface area (Å²) in [6.07, 6.45) is 2.97. The van der Waals surface area contributed by atoms with E-state index in [1.54, 1.807) is 12.1 Å². The smallest absolute Gasteiger partial charge is 0.306 e. The zero-order valence-electron chi connectivity index (χ0n) is 16.3. The molecule has 0 amide bonds. The number of aryl methyl sites for hydroxylation is 1. The van der Waals surface area contributed by atoms with Crippen LogP contribution in [-0.4, -0.2) is 29.3 Å². The van der Waals surface area contributed by atoms with E-state index in [0.29, 0.717) is 47.2 Å². The molecular weight excluding hydrogens is 411 g/mol. The van der Waals surface area contributed by atoms with Gasteiger partial charge in [0.25, 0.3) is 0 Å². The molecule has 158 valence electrons. The second kappa shape index (κ2) is 12.0. The third-order valence-corrected chi connectivity index (χ3v) is 5.58. The van der Waals surface area contributed by atoms with Crippen LogP contribution in [0.1, 0.15) is 42.9 Å². The molecule has 0 spiro atoms. The molecule has 2 rings (SSSR count). The van der Waals surface area contributed by atoms with Gasteiger partial charge < -0.3 is 21.3 Å². The maximum atomic E-state index is 11.5. The highest BCUT2D eigenvalue weighted by Gasteiger charge is 2.17. The van der Waals surface area contributed by atoms with Crippen molar-refractivity contribution in [2.75, 3.05) is 18.8 Å². The van der Waals surface area contributed by atoms with Crippen molar-refractivity contribution in [3.05, 3.63) is 63.6 Å². The first-order valence-corrected chi connectivity index (χ1v) is 10.5. The fraction of sp³-hybridized carbons (Fsp3) is 0.409. The minimum atomic E-state index is -0.747. The van der Waals surface area contributed by atoms with Crippen LogP contribution in [0.25, 0.3) is 0 Å². The Balaban J connectivity index is 1.66. The van der Waals surface area contributed by atoms with Crippen molar-refractivity contribution >= 4 is 34.9 Å². The van der Waals surface area contributed by atoms with Crippen molar-refractivity contribution in [2.45, 2.75) is 38.2 Å². The van der Waals surface area contributed by atoms with Gasteiger partial charge in [-0.1, -0.05) is 60.0 Å². The molecule has 0 aliphatic rings. The van der Waals surface area contributed by atoms with E-state index in [9.17, 15) is 15.0 Å². The van der Waals surface area contributed by atoms with Crippen LogP contribution >= 0.6 is 23.2 Å². The number of anilines is 1. The van der Waals surface area contributed by atoms with Gasteiger partial charge in [-0.05, 0) is 55.5 Å². The lowest BCUT2D eigenvalue weighted by Crippen LogP contribution is -2.23. The number of aliphatic carboxylic acids is 1. The molecule has 0 aliphatic carbocycles. The average Bonchev–Trinajstić information content (AvgIpc) is 2.70. The number of rotatable bonds is 12. The van der Waals surface area contributed by atoms with Crippen LogP contribution in [0, 0.1) is 5.92 Å². The van der Waals surface area contributed by atoms with Crippen LogP contribution in [0.5, 0.6) is 0 Å². The van der Waals surface area contributed by atoms with Crippen LogP contribution in [0.2, 0.25) is 10.0 Å². The molecule has 0 radical (unpaired) electrons. The van der Waals surface area contributed by atoms with Crippen LogP contribution < -0.4 is 11.1 Å². The number of benzene rings is 2. The molecule has 29 heavy (non-hydrogen) atoms. The second-order valence-electron chi connectivity index (χ2n) is 7.17. The van der Waals surface area contributed by atoms with Gasteiger partial charge in [-0.25, -0.2) is 0 Å². The monoisotopic (exact) mass is 438 g/mol. The van der Waals surface area contributed by atoms with Crippen LogP contribution in [-0.2, 0) is 11.2 Å². The normalized spacial score (nSPS) is 13.2.